The van der Waals surface area contributed by atoms with Gasteiger partial charge in [-0.15, -0.1) is 0 Å². The minimum Gasteiger partial charge on any atom is -0.352 e. The van der Waals surface area contributed by atoms with Crippen molar-refractivity contribution in [2.45, 2.75) is 52.7 Å². The molecular weight excluding hydrogens is 343 g/mol. The lowest BCUT2D eigenvalue weighted by atomic mass is 10.1. The minimum absolute atomic E-state index is 0.0394. The third kappa shape index (κ3) is 5.91. The van der Waals surface area contributed by atoms with Crippen molar-refractivity contribution in [3.8, 4) is 0 Å². The molecule has 0 saturated carbocycles. The van der Waals surface area contributed by atoms with Crippen molar-refractivity contribution in [3.05, 3.63) is 71.0 Å². The fraction of sp³-hybridized carbons (Fsp3) is 0.364. The number of hydrogen-bond donors (Lipinski definition) is 1. The highest BCUT2D eigenvalue weighted by molar-refractivity contribution is 5.88. The number of nitrogens with one attached hydrogen (secondary N) is 1. The van der Waals surface area contributed by atoms with E-state index in [9.17, 15) is 14.0 Å². The first kappa shape index (κ1) is 20.6. The van der Waals surface area contributed by atoms with Gasteiger partial charge >= 0.3 is 0 Å². The monoisotopic (exact) mass is 370 g/mol. The van der Waals surface area contributed by atoms with Crippen molar-refractivity contribution in [2.24, 2.45) is 0 Å². The highest BCUT2D eigenvalue weighted by Gasteiger charge is 2.27. The van der Waals surface area contributed by atoms with Crippen molar-refractivity contribution in [2.75, 3.05) is 0 Å². The van der Waals surface area contributed by atoms with E-state index in [0.717, 1.165) is 11.1 Å². The van der Waals surface area contributed by atoms with Crippen molar-refractivity contribution < 1.29 is 14.0 Å². The van der Waals surface area contributed by atoms with E-state index in [0.29, 0.717) is 5.56 Å². The highest BCUT2D eigenvalue weighted by atomic mass is 19.1. The van der Waals surface area contributed by atoms with Crippen LogP contribution in [0, 0.1) is 12.7 Å². The molecule has 1 atom stereocenters. The van der Waals surface area contributed by atoms with Gasteiger partial charge in [0, 0.05) is 18.2 Å². The van der Waals surface area contributed by atoms with Gasteiger partial charge in [0.2, 0.25) is 11.8 Å². The predicted molar refractivity (Wildman–Crippen MR) is 105 cm³/mol. The summed E-state index contributed by atoms with van der Waals surface area (Å²) in [5.74, 6) is -0.853. The molecule has 0 bridgehead atoms. The molecule has 0 heterocycles. The molecule has 2 amide bonds. The molecule has 4 nitrogen and oxygen atoms in total. The second-order valence-corrected chi connectivity index (χ2v) is 7.11. The van der Waals surface area contributed by atoms with Crippen molar-refractivity contribution >= 4 is 11.8 Å². The fourth-order valence-corrected chi connectivity index (χ4v) is 2.78. The average Bonchev–Trinajstić information content (AvgIpc) is 2.61. The van der Waals surface area contributed by atoms with Crippen LogP contribution in [0.3, 0.4) is 0 Å². The van der Waals surface area contributed by atoms with E-state index in [1.165, 1.54) is 11.0 Å². The number of rotatable bonds is 7. The molecule has 0 saturated heterocycles. The van der Waals surface area contributed by atoms with E-state index in [2.05, 4.69) is 5.32 Å². The minimum atomic E-state index is -0.704. The summed E-state index contributed by atoms with van der Waals surface area (Å²) in [5.41, 5.74) is 2.36. The number of nitrogens with zero attached hydrogens (tertiary/aromatic N) is 1. The first-order chi connectivity index (χ1) is 12.8. The Labute approximate surface area is 160 Å². The summed E-state index contributed by atoms with van der Waals surface area (Å²) >= 11 is 0. The Hall–Kier alpha value is -2.69. The smallest absolute Gasteiger partial charge is 0.242 e. The van der Waals surface area contributed by atoms with Crippen LogP contribution >= 0.6 is 0 Å². The van der Waals surface area contributed by atoms with E-state index in [1.807, 2.05) is 45.0 Å². The summed E-state index contributed by atoms with van der Waals surface area (Å²) in [7, 11) is 0. The normalized spacial score (nSPS) is 11.9. The Morgan fingerprint density at radius 1 is 1.04 bits per heavy atom. The van der Waals surface area contributed by atoms with Crippen molar-refractivity contribution in [1.29, 1.82) is 0 Å². The lowest BCUT2D eigenvalue weighted by molar-refractivity contribution is -0.140. The van der Waals surface area contributed by atoms with E-state index in [1.54, 1.807) is 25.1 Å². The van der Waals surface area contributed by atoms with Crippen molar-refractivity contribution in [1.82, 2.24) is 10.2 Å². The van der Waals surface area contributed by atoms with Gasteiger partial charge < -0.3 is 10.2 Å². The number of benzene rings is 2. The summed E-state index contributed by atoms with van der Waals surface area (Å²) in [5, 5.41) is 2.82. The molecule has 27 heavy (non-hydrogen) atoms. The van der Waals surface area contributed by atoms with Gasteiger partial charge in [-0.25, -0.2) is 4.39 Å². The molecule has 0 spiro atoms. The summed E-state index contributed by atoms with van der Waals surface area (Å²) in [6, 6.07) is 13.3. The van der Waals surface area contributed by atoms with Crippen LogP contribution in [-0.4, -0.2) is 28.8 Å². The van der Waals surface area contributed by atoms with E-state index in [4.69, 9.17) is 0 Å². The number of halogens is 1. The molecule has 2 rings (SSSR count). The lowest BCUT2D eigenvalue weighted by Crippen LogP contribution is -2.49. The molecule has 144 valence electrons. The summed E-state index contributed by atoms with van der Waals surface area (Å²) in [6.07, 6.45) is 0.161. The van der Waals surface area contributed by atoms with Gasteiger partial charge in [0.05, 0.1) is 6.42 Å². The Balaban J connectivity index is 2.24. The topological polar surface area (TPSA) is 49.4 Å². The second-order valence-electron chi connectivity index (χ2n) is 7.11. The zero-order valence-electron chi connectivity index (χ0n) is 16.3. The van der Waals surface area contributed by atoms with Crippen LogP contribution in [0.4, 0.5) is 4.39 Å². The molecule has 2 aromatic carbocycles. The number of carbonyl (C=O) groups excluding carboxylic acids is 2. The summed E-state index contributed by atoms with van der Waals surface area (Å²) in [4.78, 5) is 26.9. The van der Waals surface area contributed by atoms with Crippen molar-refractivity contribution in [3.63, 3.8) is 0 Å². The zero-order valence-corrected chi connectivity index (χ0v) is 16.3. The molecule has 0 unspecified atom stereocenters. The van der Waals surface area contributed by atoms with E-state index >= 15 is 0 Å². The quantitative estimate of drug-likeness (QED) is 0.809. The Kier molecular flexibility index (Phi) is 7.11. The maximum absolute atomic E-state index is 14.1. The van der Waals surface area contributed by atoms with Gasteiger partial charge in [-0.1, -0.05) is 48.0 Å². The molecule has 1 N–H and O–H groups in total. The van der Waals surface area contributed by atoms with Crippen LogP contribution < -0.4 is 5.32 Å². The number of carbonyl (C=O) groups is 2. The van der Waals surface area contributed by atoms with Gasteiger partial charge in [0.15, 0.2) is 0 Å². The number of amides is 2. The Morgan fingerprint density at radius 3 is 2.26 bits per heavy atom. The van der Waals surface area contributed by atoms with Crippen LogP contribution in [-0.2, 0) is 22.6 Å². The highest BCUT2D eigenvalue weighted by Crippen LogP contribution is 2.15. The van der Waals surface area contributed by atoms with Gasteiger partial charge in [-0.3, -0.25) is 9.59 Å². The number of aryl methyl sites for hydroxylation is 1. The predicted octanol–water partition coefficient (Wildman–Crippen LogP) is 3.62. The first-order valence-corrected chi connectivity index (χ1v) is 9.16. The molecule has 0 aliphatic heterocycles. The maximum atomic E-state index is 14.1. The standard InChI is InChI=1S/C22H27FN2O2/c1-15(2)24-22(27)17(4)25(14-19-7-5-6-8-20(19)23)21(26)13-18-11-9-16(3)10-12-18/h5-12,15,17H,13-14H2,1-4H3,(H,24,27)/t17-/m1/s1. The fourth-order valence-electron chi connectivity index (χ4n) is 2.78. The SMILES string of the molecule is Cc1ccc(CC(=O)N(Cc2ccccc2F)[C@H](C)C(=O)NC(C)C)cc1. The van der Waals surface area contributed by atoms with Crippen LogP contribution in [0.2, 0.25) is 0 Å². The number of hydrogen-bond acceptors (Lipinski definition) is 2. The van der Waals surface area contributed by atoms with Crippen LogP contribution in [0.25, 0.3) is 0 Å². The maximum Gasteiger partial charge on any atom is 0.242 e. The second kappa shape index (κ2) is 9.31. The third-order valence-electron chi connectivity index (χ3n) is 4.37. The lowest BCUT2D eigenvalue weighted by Gasteiger charge is -2.29. The van der Waals surface area contributed by atoms with Crippen LogP contribution in [0.5, 0.6) is 0 Å². The molecule has 0 aliphatic carbocycles. The largest absolute Gasteiger partial charge is 0.352 e. The van der Waals surface area contributed by atoms with Crippen LogP contribution in [0.1, 0.15) is 37.5 Å². The Bertz CT molecular complexity index is 787. The third-order valence-corrected chi connectivity index (χ3v) is 4.37. The molecule has 0 aromatic heterocycles. The van der Waals surface area contributed by atoms with Crippen LogP contribution in [0.15, 0.2) is 48.5 Å². The van der Waals surface area contributed by atoms with Gasteiger partial charge in [-0.2, -0.15) is 0 Å². The van der Waals surface area contributed by atoms with E-state index in [-0.39, 0.29) is 36.6 Å². The zero-order chi connectivity index (χ0) is 20.0. The van der Waals surface area contributed by atoms with Gasteiger partial charge in [0.1, 0.15) is 11.9 Å². The molecular formula is C22H27FN2O2. The van der Waals surface area contributed by atoms with Gasteiger partial charge in [-0.05, 0) is 39.3 Å². The Morgan fingerprint density at radius 2 is 1.67 bits per heavy atom. The first-order valence-electron chi connectivity index (χ1n) is 9.16. The summed E-state index contributed by atoms with van der Waals surface area (Å²) in [6.45, 7) is 7.42. The molecule has 0 fully saturated rings. The molecule has 2 aromatic rings. The van der Waals surface area contributed by atoms with E-state index < -0.39 is 6.04 Å². The summed E-state index contributed by atoms with van der Waals surface area (Å²) < 4.78 is 14.1. The molecule has 0 radical (unpaired) electrons. The molecule has 0 aliphatic rings. The molecule has 5 heteroatoms. The average molecular weight is 370 g/mol. The van der Waals surface area contributed by atoms with Gasteiger partial charge in [0.25, 0.3) is 0 Å².